The van der Waals surface area contributed by atoms with Crippen molar-refractivity contribution in [3.63, 3.8) is 0 Å². The highest BCUT2D eigenvalue weighted by Gasteiger charge is 2.31. The largest absolute Gasteiger partial charge is 0.338 e. The number of anilines is 1. The van der Waals surface area contributed by atoms with E-state index in [2.05, 4.69) is 30.4 Å². The van der Waals surface area contributed by atoms with Gasteiger partial charge in [-0.2, -0.15) is 0 Å². The summed E-state index contributed by atoms with van der Waals surface area (Å²) in [7, 11) is 0. The molecule has 8 nitrogen and oxygen atoms in total. The van der Waals surface area contributed by atoms with Gasteiger partial charge in [-0.3, -0.25) is 15.0 Å². The molecule has 0 aliphatic carbocycles. The maximum absolute atomic E-state index is 12.8. The van der Waals surface area contributed by atoms with Crippen molar-refractivity contribution in [2.75, 3.05) is 37.6 Å². The fraction of sp³-hybridized carbons (Fsp3) is 0.368. The molecule has 1 aromatic heterocycles. The number of urea groups is 1. The quantitative estimate of drug-likeness (QED) is 0.824. The first-order valence-electron chi connectivity index (χ1n) is 9.08. The van der Waals surface area contributed by atoms with Crippen LogP contribution >= 0.6 is 0 Å². The molecule has 1 saturated heterocycles. The Morgan fingerprint density at radius 3 is 2.33 bits per heavy atom. The number of imide groups is 1. The molecule has 0 saturated carbocycles. The smallest absolute Gasteiger partial charge is 0.321 e. The third kappa shape index (κ3) is 4.79. The van der Waals surface area contributed by atoms with E-state index in [1.165, 1.54) is 0 Å². The van der Waals surface area contributed by atoms with Crippen molar-refractivity contribution in [2.45, 2.75) is 13.0 Å². The summed E-state index contributed by atoms with van der Waals surface area (Å²) in [5.41, 5.74) is 0.865. The molecule has 1 unspecified atom stereocenters. The van der Waals surface area contributed by atoms with E-state index in [1.807, 2.05) is 37.3 Å². The average Bonchev–Trinajstić information content (AvgIpc) is 2.70. The van der Waals surface area contributed by atoms with E-state index in [1.54, 1.807) is 18.5 Å². The number of amides is 3. The summed E-state index contributed by atoms with van der Waals surface area (Å²) in [6, 6.07) is 10.3. The van der Waals surface area contributed by atoms with Gasteiger partial charge in [-0.25, -0.2) is 14.8 Å². The predicted octanol–water partition coefficient (Wildman–Crippen LogP) is 1.19. The Kier molecular flexibility index (Phi) is 6.32. The zero-order valence-corrected chi connectivity index (χ0v) is 15.3. The molecular weight excluding hydrogens is 344 g/mol. The van der Waals surface area contributed by atoms with Gasteiger partial charge in [0.25, 0.3) is 0 Å². The number of aromatic nitrogens is 2. The van der Waals surface area contributed by atoms with Gasteiger partial charge in [-0.15, -0.1) is 0 Å². The van der Waals surface area contributed by atoms with E-state index in [0.29, 0.717) is 38.7 Å². The monoisotopic (exact) mass is 368 g/mol. The van der Waals surface area contributed by atoms with Crippen molar-refractivity contribution in [3.05, 3.63) is 54.4 Å². The van der Waals surface area contributed by atoms with Crippen LogP contribution in [0.15, 0.2) is 48.8 Å². The maximum atomic E-state index is 12.8. The molecular formula is C19H24N6O2. The lowest BCUT2D eigenvalue weighted by atomic mass is 10.0. The molecule has 1 aliphatic rings. The van der Waals surface area contributed by atoms with Crippen LogP contribution in [0.3, 0.4) is 0 Å². The molecule has 2 heterocycles. The van der Waals surface area contributed by atoms with Gasteiger partial charge in [0.2, 0.25) is 11.9 Å². The number of nitrogens with one attached hydrogen (secondary N) is 2. The molecule has 8 heteroatoms. The Morgan fingerprint density at radius 2 is 1.70 bits per heavy atom. The molecule has 142 valence electrons. The van der Waals surface area contributed by atoms with Crippen molar-refractivity contribution < 1.29 is 9.59 Å². The number of rotatable bonds is 5. The predicted molar refractivity (Wildman–Crippen MR) is 102 cm³/mol. The topological polar surface area (TPSA) is 90.5 Å². The molecule has 3 rings (SSSR count). The SMILES string of the molecule is CCNC(=O)NC(=O)C(c1ccccc1)N1CCN(c2ncccn2)CC1. The van der Waals surface area contributed by atoms with Crippen LogP contribution in [0.5, 0.6) is 0 Å². The molecule has 1 aliphatic heterocycles. The van der Waals surface area contributed by atoms with E-state index in [4.69, 9.17) is 0 Å². The number of carbonyl (C=O) groups is 2. The molecule has 1 aromatic carbocycles. The first-order valence-corrected chi connectivity index (χ1v) is 9.08. The summed E-state index contributed by atoms with van der Waals surface area (Å²) in [6.07, 6.45) is 3.45. The second-order valence-electron chi connectivity index (χ2n) is 6.23. The Bertz CT molecular complexity index is 747. The highest BCUT2D eigenvalue weighted by molar-refractivity contribution is 5.97. The molecule has 0 radical (unpaired) electrons. The van der Waals surface area contributed by atoms with Gasteiger partial charge in [-0.1, -0.05) is 30.3 Å². The average molecular weight is 368 g/mol. The third-order valence-electron chi connectivity index (χ3n) is 4.45. The number of carbonyl (C=O) groups excluding carboxylic acids is 2. The molecule has 0 bridgehead atoms. The van der Waals surface area contributed by atoms with Gasteiger partial charge in [0.15, 0.2) is 0 Å². The Balaban J connectivity index is 1.72. The number of piperazine rings is 1. The standard InChI is InChI=1S/C19H24N6O2/c1-2-20-19(27)23-17(26)16(15-7-4-3-5-8-15)24-11-13-25(14-12-24)18-21-9-6-10-22-18/h3-10,16H,2,11-14H2,1H3,(H2,20,23,26,27). The fourth-order valence-corrected chi connectivity index (χ4v) is 3.18. The zero-order valence-electron chi connectivity index (χ0n) is 15.3. The van der Waals surface area contributed by atoms with Gasteiger partial charge in [0.1, 0.15) is 6.04 Å². The summed E-state index contributed by atoms with van der Waals surface area (Å²) in [5, 5.41) is 5.05. The van der Waals surface area contributed by atoms with E-state index >= 15 is 0 Å². The van der Waals surface area contributed by atoms with Crippen molar-refractivity contribution in [2.24, 2.45) is 0 Å². The molecule has 0 spiro atoms. The van der Waals surface area contributed by atoms with E-state index in [9.17, 15) is 9.59 Å². The van der Waals surface area contributed by atoms with Crippen molar-refractivity contribution in [3.8, 4) is 0 Å². The summed E-state index contributed by atoms with van der Waals surface area (Å²) in [4.78, 5) is 37.4. The van der Waals surface area contributed by atoms with Gasteiger partial charge in [-0.05, 0) is 18.6 Å². The summed E-state index contributed by atoms with van der Waals surface area (Å²) in [6.45, 7) is 5.03. The minimum absolute atomic E-state index is 0.323. The second kappa shape index (κ2) is 9.09. The lowest BCUT2D eigenvalue weighted by molar-refractivity contribution is -0.125. The molecule has 2 N–H and O–H groups in total. The van der Waals surface area contributed by atoms with Crippen LogP contribution in [0, 0.1) is 0 Å². The van der Waals surface area contributed by atoms with Crippen LogP contribution in [0.4, 0.5) is 10.7 Å². The number of hydrogen-bond acceptors (Lipinski definition) is 6. The zero-order chi connectivity index (χ0) is 19.1. The van der Waals surface area contributed by atoms with Gasteiger partial charge < -0.3 is 10.2 Å². The summed E-state index contributed by atoms with van der Waals surface area (Å²) < 4.78 is 0. The van der Waals surface area contributed by atoms with E-state index in [0.717, 1.165) is 5.56 Å². The Labute approximate surface area is 158 Å². The van der Waals surface area contributed by atoms with Gasteiger partial charge in [0.05, 0.1) is 0 Å². The van der Waals surface area contributed by atoms with Crippen LogP contribution in [0.2, 0.25) is 0 Å². The van der Waals surface area contributed by atoms with Crippen LogP contribution < -0.4 is 15.5 Å². The van der Waals surface area contributed by atoms with Crippen LogP contribution in [-0.2, 0) is 4.79 Å². The maximum Gasteiger partial charge on any atom is 0.321 e. The summed E-state index contributed by atoms with van der Waals surface area (Å²) in [5.74, 6) is 0.372. The lowest BCUT2D eigenvalue weighted by Crippen LogP contribution is -2.53. The molecule has 27 heavy (non-hydrogen) atoms. The normalized spacial score (nSPS) is 15.8. The molecule has 3 amide bonds. The van der Waals surface area contributed by atoms with Crippen LogP contribution in [0.25, 0.3) is 0 Å². The van der Waals surface area contributed by atoms with Crippen LogP contribution in [-0.4, -0.2) is 59.5 Å². The van der Waals surface area contributed by atoms with Crippen molar-refractivity contribution >= 4 is 17.9 Å². The summed E-state index contributed by atoms with van der Waals surface area (Å²) >= 11 is 0. The molecule has 1 fully saturated rings. The van der Waals surface area contributed by atoms with Crippen molar-refractivity contribution in [1.82, 2.24) is 25.5 Å². The number of hydrogen-bond donors (Lipinski definition) is 2. The highest BCUT2D eigenvalue weighted by Crippen LogP contribution is 2.23. The second-order valence-corrected chi connectivity index (χ2v) is 6.23. The number of benzene rings is 1. The Hall–Kier alpha value is -3.00. The first-order chi connectivity index (χ1) is 13.2. The molecule has 2 aromatic rings. The van der Waals surface area contributed by atoms with E-state index in [-0.39, 0.29) is 5.91 Å². The van der Waals surface area contributed by atoms with Gasteiger partial charge >= 0.3 is 6.03 Å². The van der Waals surface area contributed by atoms with Gasteiger partial charge in [0, 0.05) is 45.1 Å². The Morgan fingerprint density at radius 1 is 1.04 bits per heavy atom. The molecule has 1 atom stereocenters. The third-order valence-corrected chi connectivity index (χ3v) is 4.45. The van der Waals surface area contributed by atoms with Crippen molar-refractivity contribution in [1.29, 1.82) is 0 Å². The minimum atomic E-state index is -0.521. The van der Waals surface area contributed by atoms with E-state index < -0.39 is 12.1 Å². The number of nitrogens with zero attached hydrogens (tertiary/aromatic N) is 4. The highest BCUT2D eigenvalue weighted by atomic mass is 16.2. The van der Waals surface area contributed by atoms with Crippen LogP contribution in [0.1, 0.15) is 18.5 Å². The minimum Gasteiger partial charge on any atom is -0.338 e. The first kappa shape index (κ1) is 18.8. The lowest BCUT2D eigenvalue weighted by Gasteiger charge is -2.38. The fourth-order valence-electron chi connectivity index (χ4n) is 3.18.